The number of amides is 3. The van der Waals surface area contributed by atoms with Crippen LogP contribution in [-0.4, -0.2) is 73.8 Å². The number of hydrogen-bond donors (Lipinski definition) is 1. The van der Waals surface area contributed by atoms with Crippen molar-refractivity contribution in [3.8, 4) is 0 Å². The molecule has 3 heterocycles. The van der Waals surface area contributed by atoms with E-state index in [9.17, 15) is 9.59 Å². The van der Waals surface area contributed by atoms with Crippen molar-refractivity contribution in [3.63, 3.8) is 0 Å². The number of thiophene rings is 1. The molecule has 0 radical (unpaired) electrons. The van der Waals surface area contributed by atoms with Crippen molar-refractivity contribution in [2.24, 2.45) is 0 Å². The Morgan fingerprint density at radius 2 is 2.00 bits per heavy atom. The molecule has 27 heavy (non-hydrogen) atoms. The molecule has 150 valence electrons. The van der Waals surface area contributed by atoms with Crippen molar-refractivity contribution < 1.29 is 19.1 Å². The molecular formula is C19H29N3O4S. The summed E-state index contributed by atoms with van der Waals surface area (Å²) >= 11 is 1.69. The normalized spacial score (nSPS) is 19.8. The molecule has 3 rings (SSSR count). The third-order valence-corrected chi connectivity index (χ3v) is 6.50. The molecule has 0 aromatic carbocycles. The lowest BCUT2D eigenvalue weighted by Crippen LogP contribution is -2.55. The Balaban J connectivity index is 1.64. The van der Waals surface area contributed by atoms with Crippen molar-refractivity contribution in [3.05, 3.63) is 21.9 Å². The first-order chi connectivity index (χ1) is 13.0. The quantitative estimate of drug-likeness (QED) is 0.846. The van der Waals surface area contributed by atoms with Gasteiger partial charge in [-0.3, -0.25) is 4.79 Å². The molecule has 2 aliphatic rings. The summed E-state index contributed by atoms with van der Waals surface area (Å²) in [6.07, 6.45) is 2.40. The van der Waals surface area contributed by atoms with E-state index in [-0.39, 0.29) is 24.1 Å². The fraction of sp³-hybridized carbons (Fsp3) is 0.684. The first-order valence-electron chi connectivity index (χ1n) is 9.49. The average molecular weight is 396 g/mol. The summed E-state index contributed by atoms with van der Waals surface area (Å²) in [6.45, 7) is 5.70. The van der Waals surface area contributed by atoms with Gasteiger partial charge < -0.3 is 24.6 Å². The lowest BCUT2D eigenvalue weighted by molar-refractivity contribution is -0.145. The first-order valence-corrected chi connectivity index (χ1v) is 10.3. The van der Waals surface area contributed by atoms with Crippen molar-refractivity contribution in [2.75, 3.05) is 46.6 Å². The van der Waals surface area contributed by atoms with Gasteiger partial charge in [0, 0.05) is 55.3 Å². The van der Waals surface area contributed by atoms with E-state index in [2.05, 4.69) is 18.3 Å². The molecule has 1 spiro atoms. The second-order valence-corrected chi connectivity index (χ2v) is 8.60. The number of urea groups is 1. The molecule has 0 saturated carbocycles. The van der Waals surface area contributed by atoms with Gasteiger partial charge in [0.2, 0.25) is 5.91 Å². The van der Waals surface area contributed by atoms with Crippen LogP contribution in [0.1, 0.15) is 29.0 Å². The molecule has 1 aromatic rings. The number of ether oxygens (including phenoxy) is 2. The highest BCUT2D eigenvalue weighted by molar-refractivity contribution is 7.11. The second kappa shape index (κ2) is 9.03. The molecule has 3 amide bonds. The van der Waals surface area contributed by atoms with Crippen LogP contribution in [0.4, 0.5) is 4.79 Å². The highest BCUT2D eigenvalue weighted by Crippen LogP contribution is 2.33. The lowest BCUT2D eigenvalue weighted by atomic mass is 9.84. The third-order valence-electron chi connectivity index (χ3n) is 5.50. The summed E-state index contributed by atoms with van der Waals surface area (Å²) < 4.78 is 10.6. The number of aryl methyl sites for hydroxylation is 1. The highest BCUT2D eigenvalue weighted by atomic mass is 32.1. The molecule has 0 aliphatic carbocycles. The predicted molar refractivity (Wildman–Crippen MR) is 104 cm³/mol. The maximum atomic E-state index is 12.7. The molecule has 7 nitrogen and oxygen atoms in total. The maximum absolute atomic E-state index is 12.7. The van der Waals surface area contributed by atoms with Crippen LogP contribution in [-0.2, 0) is 20.8 Å². The molecule has 0 atom stereocenters. The number of hydrogen-bond acceptors (Lipinski definition) is 5. The van der Waals surface area contributed by atoms with E-state index in [0.717, 1.165) is 24.1 Å². The van der Waals surface area contributed by atoms with Crippen molar-refractivity contribution in [1.29, 1.82) is 0 Å². The Labute approximate surface area is 164 Å². The Bertz CT molecular complexity index is 657. The molecule has 2 aliphatic heterocycles. The van der Waals surface area contributed by atoms with Gasteiger partial charge in [-0.2, -0.15) is 0 Å². The molecule has 8 heteroatoms. The number of nitrogens with zero attached hydrogens (tertiary/aromatic N) is 2. The van der Waals surface area contributed by atoms with Gasteiger partial charge in [0.1, 0.15) is 6.61 Å². The molecule has 1 N–H and O–H groups in total. The number of rotatable bonds is 4. The maximum Gasteiger partial charge on any atom is 0.317 e. The van der Waals surface area contributed by atoms with Gasteiger partial charge in [-0.1, -0.05) is 0 Å². The lowest BCUT2D eigenvalue weighted by Gasteiger charge is -2.45. The summed E-state index contributed by atoms with van der Waals surface area (Å²) in [5.41, 5.74) is -0.228. The zero-order valence-electron chi connectivity index (χ0n) is 16.2. The Kier molecular flexibility index (Phi) is 6.73. The van der Waals surface area contributed by atoms with E-state index in [4.69, 9.17) is 9.47 Å². The molecule has 0 bridgehead atoms. The van der Waals surface area contributed by atoms with Gasteiger partial charge >= 0.3 is 6.03 Å². The minimum absolute atomic E-state index is 0.00396. The van der Waals surface area contributed by atoms with Crippen LogP contribution >= 0.6 is 11.3 Å². The Morgan fingerprint density at radius 3 is 2.67 bits per heavy atom. The van der Waals surface area contributed by atoms with Gasteiger partial charge in [0.15, 0.2) is 0 Å². The third kappa shape index (κ3) is 4.80. The fourth-order valence-electron chi connectivity index (χ4n) is 3.97. The van der Waals surface area contributed by atoms with E-state index in [1.54, 1.807) is 18.4 Å². The van der Waals surface area contributed by atoms with E-state index in [0.29, 0.717) is 39.4 Å². The molecule has 2 saturated heterocycles. The van der Waals surface area contributed by atoms with Crippen molar-refractivity contribution >= 4 is 23.3 Å². The summed E-state index contributed by atoms with van der Waals surface area (Å²) in [5.74, 6) is -0.00396. The van der Waals surface area contributed by atoms with E-state index in [1.807, 2.05) is 15.9 Å². The fourth-order valence-corrected chi connectivity index (χ4v) is 4.80. The van der Waals surface area contributed by atoms with Crippen LogP contribution in [0.25, 0.3) is 0 Å². The summed E-state index contributed by atoms with van der Waals surface area (Å²) in [6, 6.07) is 4.04. The standard InChI is InChI=1S/C19H29N3O4S/c1-15-3-4-16(27-15)13-20-18(24)21-8-5-19(6-11-26-12-7-19)22(10-9-21)17(23)14-25-2/h3-4H,5-14H2,1-2H3,(H,20,24). The second-order valence-electron chi connectivity index (χ2n) is 7.22. The van der Waals surface area contributed by atoms with Crippen molar-refractivity contribution in [1.82, 2.24) is 15.1 Å². The number of nitrogens with one attached hydrogen (secondary N) is 1. The largest absolute Gasteiger partial charge is 0.381 e. The Morgan fingerprint density at radius 1 is 1.22 bits per heavy atom. The topological polar surface area (TPSA) is 71.1 Å². The summed E-state index contributed by atoms with van der Waals surface area (Å²) in [4.78, 5) is 31.5. The summed E-state index contributed by atoms with van der Waals surface area (Å²) in [5, 5.41) is 3.01. The minimum Gasteiger partial charge on any atom is -0.381 e. The highest BCUT2D eigenvalue weighted by Gasteiger charge is 2.43. The van der Waals surface area contributed by atoms with Crippen LogP contribution in [0.2, 0.25) is 0 Å². The van der Waals surface area contributed by atoms with Crippen LogP contribution < -0.4 is 5.32 Å². The van der Waals surface area contributed by atoms with Gasteiger partial charge in [-0.15, -0.1) is 11.3 Å². The van der Waals surface area contributed by atoms with E-state index >= 15 is 0 Å². The zero-order valence-corrected chi connectivity index (χ0v) is 17.0. The van der Waals surface area contributed by atoms with Gasteiger partial charge in [-0.05, 0) is 38.3 Å². The number of carbonyl (C=O) groups is 2. The molecule has 2 fully saturated rings. The van der Waals surface area contributed by atoms with Crippen LogP contribution in [0.15, 0.2) is 12.1 Å². The van der Waals surface area contributed by atoms with Gasteiger partial charge in [-0.25, -0.2) is 4.79 Å². The number of methoxy groups -OCH3 is 1. The molecular weight excluding hydrogens is 366 g/mol. The molecule has 1 aromatic heterocycles. The average Bonchev–Trinajstić information content (AvgIpc) is 2.99. The molecule has 0 unspecified atom stereocenters. The van der Waals surface area contributed by atoms with Crippen LogP contribution in [0, 0.1) is 6.92 Å². The number of carbonyl (C=O) groups excluding carboxylic acids is 2. The van der Waals surface area contributed by atoms with E-state index < -0.39 is 0 Å². The summed E-state index contributed by atoms with van der Waals surface area (Å²) in [7, 11) is 1.54. The van der Waals surface area contributed by atoms with E-state index in [1.165, 1.54) is 4.88 Å². The van der Waals surface area contributed by atoms with Crippen LogP contribution in [0.5, 0.6) is 0 Å². The SMILES string of the molecule is COCC(=O)N1CCN(C(=O)NCc2ccc(C)s2)CCC12CCOCC2. The monoisotopic (exact) mass is 395 g/mol. The zero-order chi connectivity index (χ0) is 19.3. The van der Waals surface area contributed by atoms with Crippen LogP contribution in [0.3, 0.4) is 0 Å². The predicted octanol–water partition coefficient (Wildman–Crippen LogP) is 2.00. The first kappa shape index (κ1) is 20.1. The smallest absolute Gasteiger partial charge is 0.317 e. The van der Waals surface area contributed by atoms with Crippen molar-refractivity contribution in [2.45, 2.75) is 38.3 Å². The Hall–Kier alpha value is -1.64. The van der Waals surface area contributed by atoms with Gasteiger partial charge in [0.25, 0.3) is 0 Å². The minimum atomic E-state index is -0.228. The van der Waals surface area contributed by atoms with Gasteiger partial charge in [0.05, 0.1) is 6.54 Å².